The van der Waals surface area contributed by atoms with Gasteiger partial charge in [0.15, 0.2) is 57.1 Å². The van der Waals surface area contributed by atoms with Crippen LogP contribution in [-0.2, 0) is 139 Å². The Hall–Kier alpha value is -15.5. The highest BCUT2D eigenvalue weighted by Gasteiger charge is 2.47. The molecule has 0 amide bonds. The Morgan fingerprint density at radius 1 is 0.370 bits per heavy atom. The van der Waals surface area contributed by atoms with Crippen molar-refractivity contribution in [3.63, 3.8) is 0 Å². The maximum Gasteiger partial charge on any atom is 0.408 e. The minimum atomic E-state index is -4.56. The highest BCUT2D eigenvalue weighted by Crippen LogP contribution is 2.33. The zero-order valence-corrected chi connectivity index (χ0v) is 85.7. The van der Waals surface area contributed by atoms with Crippen molar-refractivity contribution in [3.8, 4) is 0 Å². The average molecular weight is 2150 g/mol. The molecule has 44 heteroatoms. The quantitative estimate of drug-likeness (QED) is 0.00448. The Labute approximate surface area is 849 Å². The molecule has 0 aliphatic carbocycles. The molecule has 8 N–H and O–H groups in total. The van der Waals surface area contributed by atoms with Gasteiger partial charge in [-0.3, -0.25) is 53.3 Å². The van der Waals surface area contributed by atoms with Crippen molar-refractivity contribution in [2.45, 2.75) is 135 Å². The van der Waals surface area contributed by atoms with Crippen molar-refractivity contribution in [1.29, 1.82) is 0 Å². The van der Waals surface area contributed by atoms with Gasteiger partial charge in [-0.15, -0.1) is 0 Å². The van der Waals surface area contributed by atoms with E-state index in [0.29, 0.717) is 11.1 Å². The molecule has 0 saturated carbocycles. The lowest BCUT2D eigenvalue weighted by Gasteiger charge is -2.28. The number of hydrogen-bond donors (Lipinski definition) is 8. The van der Waals surface area contributed by atoms with E-state index in [1.165, 1.54) is 128 Å². The standard InChI is InChI=1S/C17H22O4.C16H14O4S.C16H20O4.C12H12O6S.C11H12O4S.C10H9ClO4S.C10H9NO6S.C10H10O4S/c1-6-12-7-9-13(10-8-12)11-17(5,14(18)19)15(20)21-16(2,3)4;1-2-12-8-10-14(11-9-12)21(19,20)15(16(17)18)13-6-4-3-5-7-13;1-5-11-6-8-12(9-7-11)10-13(14(17)18)15(19)20-16(2,3)4;1-3-8-4-6-9(7-5-8)19(16,17)10(11(13)14)12(15)18-2;1-3-9-4-6-10(7-5-9)16(14,15)8(2)11(12)13;1-2-7-3-5-8(6-4-7)16(14,15)9(11)10(12)13;1-2-7-3-5-8(6-4-7)18(16,17)9(10(12)13)11(14)15;1-2-8-3-5-9(6-4-8)15(13,14)7-10(11)12/h6-10H,1,11H2,2-5H3,(H,18,19);2-11,15H,1H2,(H,17,18);5-9,13H,1,10H2,2-4H3,(H,17,18);3-7,10H,1H2,2H3,(H,13,14);3-8H,1H2,2H3,(H,12,13);2-6,9H,1H2,(H,12,13);2-6,9H,1H2,(H,12,13);2-6H,1,7H2,(H,11,12). The molecule has 0 spiro atoms. The monoisotopic (exact) mass is 2150 g/mol. The van der Waals surface area contributed by atoms with Gasteiger partial charge in [0.25, 0.3) is 15.1 Å². The lowest BCUT2D eigenvalue weighted by Crippen LogP contribution is -2.43. The van der Waals surface area contributed by atoms with E-state index in [2.05, 4.69) is 57.4 Å². The number of carbonyl (C=O) groups is 11. The summed E-state index contributed by atoms with van der Waals surface area (Å²) in [5.74, 6) is -16.7. The summed E-state index contributed by atoms with van der Waals surface area (Å²) >= 11 is 5.31. The number of nitro groups is 1. The third-order valence-electron chi connectivity index (χ3n) is 19.3. The van der Waals surface area contributed by atoms with Crippen molar-refractivity contribution in [1.82, 2.24) is 0 Å². The van der Waals surface area contributed by atoms with Crippen molar-refractivity contribution in [3.05, 3.63) is 348 Å². The number of nitrogens with zero attached hydrogens (tertiary/aromatic N) is 1. The molecule has 780 valence electrons. The number of halogens is 1. The van der Waals surface area contributed by atoms with Gasteiger partial charge in [-0.1, -0.05) is 264 Å². The maximum absolute atomic E-state index is 12.6. The first-order chi connectivity index (χ1) is 67.6. The number of rotatable bonds is 37. The topological polar surface area (TPSA) is 625 Å². The number of esters is 3. The number of carbonyl (C=O) groups excluding carboxylic acids is 3. The maximum atomic E-state index is 12.6. The number of aliphatic carboxylic acids is 8. The molecular formula is C102H108ClNO36S6. The molecule has 9 rings (SSSR count). The van der Waals surface area contributed by atoms with E-state index < -0.39 is 189 Å². The van der Waals surface area contributed by atoms with Crippen molar-refractivity contribution >= 4 is 185 Å². The third-order valence-corrected chi connectivity index (χ3v) is 31.4. The summed E-state index contributed by atoms with van der Waals surface area (Å²) in [6.07, 6.45) is 12.8. The summed E-state index contributed by atoms with van der Waals surface area (Å²) in [5.41, 5.74) is 4.97. The first-order valence-electron chi connectivity index (χ1n) is 42.1. The van der Waals surface area contributed by atoms with Crippen LogP contribution in [-0.4, -0.2) is 207 Å². The number of carboxylic acids is 8. The minimum absolute atomic E-state index is 0.00741. The van der Waals surface area contributed by atoms with Gasteiger partial charge in [-0.25, -0.2) is 60.1 Å². The molecule has 7 atom stereocenters. The van der Waals surface area contributed by atoms with Crippen LogP contribution >= 0.6 is 11.6 Å². The van der Waals surface area contributed by atoms with Crippen LogP contribution in [0.25, 0.3) is 48.6 Å². The molecule has 0 aliphatic rings. The summed E-state index contributed by atoms with van der Waals surface area (Å²) in [4.78, 5) is 131. The molecule has 0 saturated heterocycles. The van der Waals surface area contributed by atoms with Gasteiger partial charge in [0.2, 0.25) is 24.4 Å². The van der Waals surface area contributed by atoms with Gasteiger partial charge in [0, 0.05) is 0 Å². The largest absolute Gasteiger partial charge is 0.481 e. The fourth-order valence-electron chi connectivity index (χ4n) is 11.4. The highest BCUT2D eigenvalue weighted by atomic mass is 35.5. The highest BCUT2D eigenvalue weighted by molar-refractivity contribution is 7.94. The molecule has 0 aromatic heterocycles. The molecule has 0 aliphatic heterocycles. The molecule has 9 aromatic rings. The van der Waals surface area contributed by atoms with E-state index in [-0.39, 0.29) is 42.9 Å². The lowest BCUT2D eigenvalue weighted by molar-refractivity contribution is -0.486. The fourth-order valence-corrected chi connectivity index (χ4v) is 19.2. The third kappa shape index (κ3) is 38.6. The van der Waals surface area contributed by atoms with Crippen LogP contribution in [0.1, 0.15) is 122 Å². The van der Waals surface area contributed by atoms with Crippen molar-refractivity contribution in [2.24, 2.45) is 11.3 Å². The SMILES string of the molecule is C=Cc1ccc(CC(C(=O)O)C(=O)OC(C)(C)C)cc1.C=Cc1ccc(CC(C)(C(=O)O)C(=O)OC(C)(C)C)cc1.C=Cc1ccc(S(=O)(=O)C(C(=O)O)C(=O)OC)cc1.C=Cc1ccc(S(=O)(=O)C(C(=O)O)[N+](=O)[O-])cc1.C=Cc1ccc(S(=O)(=O)C(C(=O)O)c2ccccc2)cc1.C=Cc1ccc(S(=O)(=O)C(C)C(=O)O)cc1.C=Cc1ccc(S(=O)(=O)C(Cl)C(=O)O)cc1.C=Cc1ccc(S(=O)(=O)CC(=O)O)cc1. The summed E-state index contributed by atoms with van der Waals surface area (Å²) in [5, 5.41) is 73.6. The molecule has 7 unspecified atom stereocenters. The molecular weight excluding hydrogens is 2040 g/mol. The number of sulfone groups is 6. The molecule has 37 nitrogen and oxygen atoms in total. The summed E-state index contributed by atoms with van der Waals surface area (Å²) in [6, 6.07) is 56.1. The summed E-state index contributed by atoms with van der Waals surface area (Å²) in [6.45, 7) is 41.3. The number of ether oxygens (including phenoxy) is 3. The molecule has 0 heterocycles. The van der Waals surface area contributed by atoms with Gasteiger partial charge < -0.3 is 55.1 Å². The van der Waals surface area contributed by atoms with E-state index in [1.54, 1.807) is 157 Å². The molecule has 0 bridgehead atoms. The predicted octanol–water partition coefficient (Wildman–Crippen LogP) is 15.2. The van der Waals surface area contributed by atoms with Crippen LogP contribution in [0.15, 0.2) is 306 Å². The number of alkyl halides is 1. The Balaban J connectivity index is 0.000000565. The number of methoxy groups -OCH3 is 1. The molecule has 146 heavy (non-hydrogen) atoms. The summed E-state index contributed by atoms with van der Waals surface area (Å²) in [7, 11) is -23.5. The van der Waals surface area contributed by atoms with E-state index in [9.17, 15) is 129 Å². The van der Waals surface area contributed by atoms with Crippen LogP contribution in [0.5, 0.6) is 0 Å². The molecule has 0 fully saturated rings. The van der Waals surface area contributed by atoms with Gasteiger partial charge >= 0.3 is 71.0 Å². The van der Waals surface area contributed by atoms with Crippen LogP contribution in [0.2, 0.25) is 0 Å². The van der Waals surface area contributed by atoms with Gasteiger partial charge in [-0.2, -0.15) is 0 Å². The summed E-state index contributed by atoms with van der Waals surface area (Å²) < 4.78 is 155. The van der Waals surface area contributed by atoms with Gasteiger partial charge in [0.1, 0.15) is 11.2 Å². The van der Waals surface area contributed by atoms with Crippen molar-refractivity contribution in [2.75, 3.05) is 12.9 Å². The second-order valence-electron chi connectivity index (χ2n) is 32.3. The average Bonchev–Trinajstić information content (AvgIpc) is 0.788. The van der Waals surface area contributed by atoms with E-state index in [4.69, 9.17) is 46.6 Å². The minimum Gasteiger partial charge on any atom is -0.481 e. The number of carboxylic acid groups (broad SMARTS) is 8. The second kappa shape index (κ2) is 56.5. The normalized spacial score (nSPS) is 12.7. The Morgan fingerprint density at radius 3 is 0.952 bits per heavy atom. The number of hydrogen-bond acceptors (Lipinski definition) is 28. The van der Waals surface area contributed by atoms with Crippen LogP contribution in [0.3, 0.4) is 0 Å². The van der Waals surface area contributed by atoms with Crippen LogP contribution < -0.4 is 0 Å². The van der Waals surface area contributed by atoms with Crippen molar-refractivity contribution < 1.29 is 163 Å². The van der Waals surface area contributed by atoms with E-state index >= 15 is 0 Å². The zero-order chi connectivity index (χ0) is 112. The van der Waals surface area contributed by atoms with E-state index in [0.717, 1.165) is 70.7 Å². The first-order valence-corrected chi connectivity index (χ1v) is 51.9. The Kier molecular flexibility index (Phi) is 49.0. The van der Waals surface area contributed by atoms with E-state index in [1.807, 2.05) is 24.3 Å². The smallest absolute Gasteiger partial charge is 0.408 e. The zero-order valence-electron chi connectivity index (χ0n) is 80.0. The predicted molar refractivity (Wildman–Crippen MR) is 547 cm³/mol. The lowest BCUT2D eigenvalue weighted by atomic mass is 9.83. The first kappa shape index (κ1) is 127. The Bertz CT molecular complexity index is 6860. The van der Waals surface area contributed by atoms with Crippen LogP contribution in [0, 0.1) is 21.4 Å². The Morgan fingerprint density at radius 2 is 0.678 bits per heavy atom. The van der Waals surface area contributed by atoms with Gasteiger partial charge in [0.05, 0.1) is 41.4 Å². The van der Waals surface area contributed by atoms with Gasteiger partial charge in [-0.05, 0) is 202 Å². The molecule has 9 aromatic carbocycles. The molecule has 0 radical (unpaired) electrons. The number of benzene rings is 9. The second-order valence-corrected chi connectivity index (χ2v) is 45.4. The van der Waals surface area contributed by atoms with Crippen LogP contribution in [0.4, 0.5) is 0 Å². The fraction of sp³-hybridized carbons (Fsp3) is 0.206.